The third kappa shape index (κ3) is 4.69. The summed E-state index contributed by atoms with van der Waals surface area (Å²) in [5.74, 6) is 1.43. The maximum Gasteiger partial charge on any atom is 0.260 e. The molecule has 3 aromatic rings. The monoisotopic (exact) mass is 407 g/mol. The lowest BCUT2D eigenvalue weighted by atomic mass is 10.1. The van der Waals surface area contributed by atoms with E-state index in [-0.39, 0.29) is 12.5 Å². The first-order valence-corrected chi connectivity index (χ1v) is 10.00. The first kappa shape index (κ1) is 19.3. The van der Waals surface area contributed by atoms with Crippen molar-refractivity contribution in [3.63, 3.8) is 0 Å². The number of hydrogen-bond acceptors (Lipinski definition) is 4. The zero-order chi connectivity index (χ0) is 20.1. The Morgan fingerprint density at radius 3 is 2.38 bits per heavy atom. The molecule has 148 valence electrons. The maximum atomic E-state index is 12.5. The third-order valence-corrected chi connectivity index (χ3v) is 5.29. The van der Waals surface area contributed by atoms with Crippen molar-refractivity contribution in [2.24, 2.45) is 0 Å². The van der Waals surface area contributed by atoms with Gasteiger partial charge >= 0.3 is 0 Å². The summed E-state index contributed by atoms with van der Waals surface area (Å²) in [7, 11) is 0. The first-order valence-electron chi connectivity index (χ1n) is 9.62. The highest BCUT2D eigenvalue weighted by Gasteiger charge is 2.22. The van der Waals surface area contributed by atoms with Gasteiger partial charge in [-0.25, -0.2) is 4.98 Å². The van der Waals surface area contributed by atoms with Crippen molar-refractivity contribution in [1.82, 2.24) is 9.88 Å². The van der Waals surface area contributed by atoms with Crippen molar-refractivity contribution in [3.8, 4) is 16.9 Å². The number of carbonyl (C=O) groups excluding carboxylic acids is 1. The Morgan fingerprint density at radius 1 is 0.931 bits per heavy atom. The number of benzene rings is 2. The van der Waals surface area contributed by atoms with E-state index in [4.69, 9.17) is 16.3 Å². The molecule has 0 N–H and O–H groups in total. The van der Waals surface area contributed by atoms with Crippen LogP contribution in [-0.4, -0.2) is 48.6 Å². The summed E-state index contributed by atoms with van der Waals surface area (Å²) >= 11 is 6.37. The van der Waals surface area contributed by atoms with Gasteiger partial charge in [-0.3, -0.25) is 4.79 Å². The minimum Gasteiger partial charge on any atom is -0.482 e. The third-order valence-electron chi connectivity index (χ3n) is 5.00. The number of ether oxygens (including phenoxy) is 1. The zero-order valence-corrected chi connectivity index (χ0v) is 16.8. The van der Waals surface area contributed by atoms with Gasteiger partial charge in [-0.1, -0.05) is 54.1 Å². The van der Waals surface area contributed by atoms with Crippen LogP contribution in [0.25, 0.3) is 11.1 Å². The molecule has 0 aliphatic carbocycles. The second kappa shape index (κ2) is 8.97. The molecule has 0 bridgehead atoms. The lowest BCUT2D eigenvalue weighted by Gasteiger charge is -2.35. The number of anilines is 1. The van der Waals surface area contributed by atoms with Crippen LogP contribution >= 0.6 is 11.6 Å². The van der Waals surface area contributed by atoms with Crippen LogP contribution in [0.5, 0.6) is 5.75 Å². The number of aromatic nitrogens is 1. The number of piperazine rings is 1. The number of rotatable bonds is 5. The Bertz CT molecular complexity index is 958. The zero-order valence-electron chi connectivity index (χ0n) is 16.0. The lowest BCUT2D eigenvalue weighted by molar-refractivity contribution is -0.133. The van der Waals surface area contributed by atoms with Gasteiger partial charge < -0.3 is 14.5 Å². The van der Waals surface area contributed by atoms with E-state index >= 15 is 0 Å². The Morgan fingerprint density at radius 2 is 1.69 bits per heavy atom. The minimum absolute atomic E-state index is 0.0199. The molecular weight excluding hydrogens is 386 g/mol. The average molecular weight is 408 g/mol. The van der Waals surface area contributed by atoms with Gasteiger partial charge in [0.25, 0.3) is 5.91 Å². The fourth-order valence-electron chi connectivity index (χ4n) is 3.38. The highest BCUT2D eigenvalue weighted by atomic mass is 35.5. The molecule has 1 amide bonds. The molecule has 1 aromatic heterocycles. The number of halogens is 1. The Balaban J connectivity index is 1.31. The predicted octanol–water partition coefficient (Wildman–Crippen LogP) is 4.13. The second-order valence-corrected chi connectivity index (χ2v) is 7.26. The van der Waals surface area contributed by atoms with E-state index in [1.807, 2.05) is 71.6 Å². The molecule has 4 rings (SSSR count). The number of hydrogen-bond donors (Lipinski definition) is 0. The number of pyridine rings is 1. The second-order valence-electron chi connectivity index (χ2n) is 6.86. The number of carbonyl (C=O) groups is 1. The summed E-state index contributed by atoms with van der Waals surface area (Å²) in [6.45, 7) is 2.80. The Labute approximate surface area is 175 Å². The van der Waals surface area contributed by atoms with E-state index < -0.39 is 0 Å². The molecule has 0 radical (unpaired) electrons. The molecule has 1 aliphatic heterocycles. The van der Waals surface area contributed by atoms with E-state index in [1.165, 1.54) is 0 Å². The summed E-state index contributed by atoms with van der Waals surface area (Å²) in [4.78, 5) is 20.9. The predicted molar refractivity (Wildman–Crippen MR) is 115 cm³/mol. The van der Waals surface area contributed by atoms with E-state index in [9.17, 15) is 4.79 Å². The molecule has 2 aromatic carbocycles. The fourth-order valence-corrected chi connectivity index (χ4v) is 3.62. The van der Waals surface area contributed by atoms with Crippen LogP contribution in [0.1, 0.15) is 0 Å². The molecule has 6 heteroatoms. The van der Waals surface area contributed by atoms with Crippen molar-refractivity contribution in [1.29, 1.82) is 0 Å². The summed E-state index contributed by atoms with van der Waals surface area (Å²) in [5.41, 5.74) is 2.10. The highest BCUT2D eigenvalue weighted by Crippen LogP contribution is 2.30. The average Bonchev–Trinajstić information content (AvgIpc) is 2.79. The maximum absolute atomic E-state index is 12.5. The van der Waals surface area contributed by atoms with Gasteiger partial charge in [-0.2, -0.15) is 0 Å². The number of nitrogens with zero attached hydrogens (tertiary/aromatic N) is 3. The minimum atomic E-state index is -0.0335. The SMILES string of the molecule is O=C(COc1ccc(-c2ccccc2)cc1Cl)N1CCN(c2ccccn2)CC1. The van der Waals surface area contributed by atoms with Crippen molar-refractivity contribution in [3.05, 3.63) is 77.9 Å². The standard InChI is InChI=1S/C23H22ClN3O2/c24-20-16-19(18-6-2-1-3-7-18)9-10-21(20)29-17-23(28)27-14-12-26(13-15-27)22-8-4-5-11-25-22/h1-11,16H,12-15,17H2. The summed E-state index contributed by atoms with van der Waals surface area (Å²) in [6, 6.07) is 21.5. The molecule has 0 saturated carbocycles. The quantitative estimate of drug-likeness (QED) is 0.638. The Kier molecular flexibility index (Phi) is 5.96. The molecule has 1 saturated heterocycles. The number of amides is 1. The lowest BCUT2D eigenvalue weighted by Crippen LogP contribution is -2.50. The molecule has 1 aliphatic rings. The van der Waals surface area contributed by atoms with Crippen molar-refractivity contribution < 1.29 is 9.53 Å². The van der Waals surface area contributed by atoms with Crippen LogP contribution in [-0.2, 0) is 4.79 Å². The van der Waals surface area contributed by atoms with Crippen LogP contribution in [0.4, 0.5) is 5.82 Å². The molecule has 2 heterocycles. The van der Waals surface area contributed by atoms with Gasteiger partial charge in [-0.15, -0.1) is 0 Å². The van der Waals surface area contributed by atoms with Crippen LogP contribution in [0.15, 0.2) is 72.9 Å². The van der Waals surface area contributed by atoms with Gasteiger partial charge in [0, 0.05) is 32.4 Å². The van der Waals surface area contributed by atoms with Gasteiger partial charge in [0.15, 0.2) is 6.61 Å². The summed E-state index contributed by atoms with van der Waals surface area (Å²) in [6.07, 6.45) is 1.79. The first-order chi connectivity index (χ1) is 14.2. The van der Waals surface area contributed by atoms with Crippen LogP contribution in [0.3, 0.4) is 0 Å². The van der Waals surface area contributed by atoms with Crippen molar-refractivity contribution >= 4 is 23.3 Å². The fraction of sp³-hybridized carbons (Fsp3) is 0.217. The van der Waals surface area contributed by atoms with Crippen LogP contribution in [0, 0.1) is 0 Å². The molecule has 0 atom stereocenters. The molecule has 5 nitrogen and oxygen atoms in total. The highest BCUT2D eigenvalue weighted by molar-refractivity contribution is 6.32. The molecule has 29 heavy (non-hydrogen) atoms. The summed E-state index contributed by atoms with van der Waals surface area (Å²) < 4.78 is 5.71. The van der Waals surface area contributed by atoms with Gasteiger partial charge in [0.2, 0.25) is 0 Å². The van der Waals surface area contributed by atoms with Crippen LogP contribution in [0.2, 0.25) is 5.02 Å². The molecular formula is C23H22ClN3O2. The smallest absolute Gasteiger partial charge is 0.260 e. The van der Waals surface area contributed by atoms with E-state index in [0.29, 0.717) is 23.9 Å². The molecule has 1 fully saturated rings. The molecule has 0 unspecified atom stereocenters. The van der Waals surface area contributed by atoms with Crippen LogP contribution < -0.4 is 9.64 Å². The van der Waals surface area contributed by atoms with Gasteiger partial charge in [0.1, 0.15) is 11.6 Å². The largest absolute Gasteiger partial charge is 0.482 e. The van der Waals surface area contributed by atoms with E-state index in [2.05, 4.69) is 9.88 Å². The van der Waals surface area contributed by atoms with Gasteiger partial charge in [-0.05, 0) is 35.4 Å². The van der Waals surface area contributed by atoms with E-state index in [1.54, 1.807) is 6.20 Å². The summed E-state index contributed by atoms with van der Waals surface area (Å²) in [5, 5.41) is 0.499. The van der Waals surface area contributed by atoms with E-state index in [0.717, 1.165) is 30.0 Å². The van der Waals surface area contributed by atoms with Gasteiger partial charge in [0.05, 0.1) is 5.02 Å². The molecule has 0 spiro atoms. The topological polar surface area (TPSA) is 45.7 Å². The van der Waals surface area contributed by atoms with Crippen molar-refractivity contribution in [2.75, 3.05) is 37.7 Å². The van der Waals surface area contributed by atoms with Crippen molar-refractivity contribution in [2.45, 2.75) is 0 Å². The Hall–Kier alpha value is -3.05. The normalized spacial score (nSPS) is 14.0.